The third-order valence-electron chi connectivity index (χ3n) is 0.951. The number of likely N-dealkylation sites (N-methyl/N-ethyl adjacent to an activating group) is 1. The van der Waals surface area contributed by atoms with E-state index in [0.717, 1.165) is 0 Å². The molecule has 0 amide bonds. The van der Waals surface area contributed by atoms with E-state index in [0.29, 0.717) is 4.48 Å². The Bertz CT molecular complexity index is 278. The number of quaternary nitrogens is 1. The number of carbonyl (C=O) groups is 1. The lowest BCUT2D eigenvalue weighted by atomic mass is 10.5. The summed E-state index contributed by atoms with van der Waals surface area (Å²) in [6.07, 6.45) is 0. The van der Waals surface area contributed by atoms with E-state index in [1.165, 1.54) is 0 Å². The van der Waals surface area contributed by atoms with Gasteiger partial charge in [-0.05, 0) is 0 Å². The largest absolute Gasteiger partial charge is 0.748 e. The number of aliphatic hydroxyl groups excluding tert-OH is 1. The summed E-state index contributed by atoms with van der Waals surface area (Å²) >= 11 is 0. The molecule has 7 nitrogen and oxygen atoms in total. The molecule has 8 heteroatoms. The first kappa shape index (κ1) is 16.7. The average Bonchev–Trinajstić information content (AvgIpc) is 1.77. The predicted octanol–water partition coefficient (Wildman–Crippen LogP) is -1.70. The van der Waals surface area contributed by atoms with Crippen LogP contribution in [0.4, 0.5) is 0 Å². The Morgan fingerprint density at radius 3 is 1.73 bits per heavy atom. The van der Waals surface area contributed by atoms with Crippen LogP contribution in [-0.4, -0.2) is 73.7 Å². The maximum absolute atomic E-state index is 10.00. The van der Waals surface area contributed by atoms with Gasteiger partial charge in [-0.25, -0.2) is 13.2 Å². The molecule has 0 saturated carbocycles. The van der Waals surface area contributed by atoms with Gasteiger partial charge in [0, 0.05) is 0 Å². The first-order valence-corrected chi connectivity index (χ1v) is 5.62. The van der Waals surface area contributed by atoms with Gasteiger partial charge in [-0.15, -0.1) is 0 Å². The van der Waals surface area contributed by atoms with Gasteiger partial charge in [-0.2, -0.15) is 0 Å². The molecule has 0 fully saturated rings. The molecule has 0 atom stereocenters. The summed E-state index contributed by atoms with van der Waals surface area (Å²) in [6.45, 7) is -0.411. The van der Waals surface area contributed by atoms with E-state index in [1.54, 1.807) is 0 Å². The highest BCUT2D eigenvalue weighted by molar-refractivity contribution is 7.85. The van der Waals surface area contributed by atoms with E-state index in [1.807, 2.05) is 21.1 Å². The van der Waals surface area contributed by atoms with E-state index in [9.17, 15) is 17.8 Å². The van der Waals surface area contributed by atoms with Crippen molar-refractivity contribution in [2.24, 2.45) is 0 Å². The third-order valence-corrected chi connectivity index (χ3v) is 1.63. The normalized spacial score (nSPS) is 11.5. The van der Waals surface area contributed by atoms with Crippen molar-refractivity contribution < 1.29 is 32.5 Å². The van der Waals surface area contributed by atoms with Crippen molar-refractivity contribution in [3.8, 4) is 0 Å². The number of aliphatic hydroxyl groups is 1. The smallest absolute Gasteiger partial charge is 0.359 e. The monoisotopic (exact) mass is 243 g/mol. The fourth-order valence-corrected chi connectivity index (χ4v) is 0.741. The average molecular weight is 243 g/mol. The van der Waals surface area contributed by atoms with Gasteiger partial charge in [0.05, 0.1) is 43.6 Å². The van der Waals surface area contributed by atoms with Gasteiger partial charge < -0.3 is 19.2 Å². The SMILES string of the molecule is C[N+](C)(C)CC(=O)O.O=S(=O)([O-])CCO. The number of hydrogen-bond donors (Lipinski definition) is 2. The van der Waals surface area contributed by atoms with Crippen molar-refractivity contribution in [2.45, 2.75) is 0 Å². The summed E-state index contributed by atoms with van der Waals surface area (Å²) in [7, 11) is 1.35. The van der Waals surface area contributed by atoms with Crippen LogP contribution in [0.5, 0.6) is 0 Å². The minimum atomic E-state index is -4.17. The summed E-state index contributed by atoms with van der Waals surface area (Å²) in [5, 5.41) is 16.1. The minimum Gasteiger partial charge on any atom is -0.748 e. The van der Waals surface area contributed by atoms with Crippen molar-refractivity contribution in [1.29, 1.82) is 0 Å². The lowest BCUT2D eigenvalue weighted by Gasteiger charge is -2.20. The highest BCUT2D eigenvalue weighted by Crippen LogP contribution is 1.86. The summed E-state index contributed by atoms with van der Waals surface area (Å²) in [5.74, 6) is -1.44. The molecule has 0 radical (unpaired) electrons. The molecule has 0 rings (SSSR count). The van der Waals surface area contributed by atoms with Gasteiger partial charge in [0.2, 0.25) is 0 Å². The molecule has 2 N–H and O–H groups in total. The van der Waals surface area contributed by atoms with E-state index >= 15 is 0 Å². The zero-order chi connectivity index (χ0) is 12.7. The second-order valence-electron chi connectivity index (χ2n) is 3.83. The number of nitrogens with zero attached hydrogens (tertiary/aromatic N) is 1. The Labute approximate surface area is 89.3 Å². The molecule has 0 aliphatic heterocycles. The van der Waals surface area contributed by atoms with Gasteiger partial charge in [-0.3, -0.25) is 0 Å². The van der Waals surface area contributed by atoms with Crippen LogP contribution in [-0.2, 0) is 14.9 Å². The first-order chi connectivity index (χ1) is 6.48. The molecule has 0 saturated heterocycles. The molecule has 0 heterocycles. The van der Waals surface area contributed by atoms with E-state index in [4.69, 9.17) is 10.2 Å². The molecular formula is C7H17NO6S. The second-order valence-corrected chi connectivity index (χ2v) is 5.35. The molecule has 0 spiro atoms. The predicted molar refractivity (Wildman–Crippen MR) is 52.2 cm³/mol. The van der Waals surface area contributed by atoms with Crippen molar-refractivity contribution in [1.82, 2.24) is 0 Å². The minimum absolute atomic E-state index is 0.181. The standard InChI is InChI=1S/C5H11NO2.C2H6O4S/c1-6(2,3)4-5(7)8;3-1-2-7(4,5)6/h4H2,1-3H3;3H,1-2H2,(H,4,5,6). The number of carboxylic acids is 1. The fraction of sp³-hybridized carbons (Fsp3) is 0.857. The maximum atomic E-state index is 10.00. The molecule has 0 aromatic heterocycles. The highest BCUT2D eigenvalue weighted by Gasteiger charge is 2.11. The Morgan fingerprint density at radius 2 is 1.73 bits per heavy atom. The van der Waals surface area contributed by atoms with Crippen LogP contribution < -0.4 is 0 Å². The van der Waals surface area contributed by atoms with Gasteiger partial charge in [0.25, 0.3) is 0 Å². The Balaban J connectivity index is 0. The zero-order valence-electron chi connectivity index (χ0n) is 9.00. The van der Waals surface area contributed by atoms with Gasteiger partial charge in [0.15, 0.2) is 6.54 Å². The van der Waals surface area contributed by atoms with Crippen molar-refractivity contribution in [2.75, 3.05) is 40.0 Å². The second kappa shape index (κ2) is 6.72. The molecule has 15 heavy (non-hydrogen) atoms. The zero-order valence-corrected chi connectivity index (χ0v) is 9.82. The van der Waals surface area contributed by atoms with Gasteiger partial charge >= 0.3 is 5.97 Å². The van der Waals surface area contributed by atoms with Gasteiger partial charge in [-0.1, -0.05) is 0 Å². The molecule has 0 aromatic carbocycles. The van der Waals surface area contributed by atoms with Crippen LogP contribution in [0.15, 0.2) is 0 Å². The summed E-state index contributed by atoms with van der Waals surface area (Å²) in [4.78, 5) is 10.00. The van der Waals surface area contributed by atoms with Crippen LogP contribution in [0, 0.1) is 0 Å². The van der Waals surface area contributed by atoms with Gasteiger partial charge in [0.1, 0.15) is 0 Å². The first-order valence-electron chi connectivity index (χ1n) is 4.04. The Hall–Kier alpha value is -0.700. The number of aliphatic carboxylic acids is 1. The van der Waals surface area contributed by atoms with Crippen LogP contribution in [0.2, 0.25) is 0 Å². The van der Waals surface area contributed by atoms with Crippen LogP contribution in [0.3, 0.4) is 0 Å². The van der Waals surface area contributed by atoms with Crippen molar-refractivity contribution in [3.63, 3.8) is 0 Å². The molecule has 0 bridgehead atoms. The Morgan fingerprint density at radius 1 is 1.33 bits per heavy atom. The number of hydrogen-bond acceptors (Lipinski definition) is 5. The van der Waals surface area contributed by atoms with Crippen LogP contribution >= 0.6 is 0 Å². The number of carboxylic acid groups (broad SMARTS) is 1. The fourth-order valence-electron chi connectivity index (χ4n) is 0.518. The third kappa shape index (κ3) is 24.7. The topological polar surface area (TPSA) is 115 Å². The summed E-state index contributed by atoms with van der Waals surface area (Å²) < 4.78 is 29.0. The van der Waals surface area contributed by atoms with Crippen LogP contribution in [0.25, 0.3) is 0 Å². The molecule has 0 unspecified atom stereocenters. The van der Waals surface area contributed by atoms with Crippen molar-refractivity contribution >= 4 is 16.1 Å². The quantitative estimate of drug-likeness (QED) is 0.449. The highest BCUT2D eigenvalue weighted by atomic mass is 32.2. The van der Waals surface area contributed by atoms with E-state index < -0.39 is 28.4 Å². The molecular weight excluding hydrogens is 226 g/mol. The molecule has 0 aliphatic carbocycles. The summed E-state index contributed by atoms with van der Waals surface area (Å²) in [5.41, 5.74) is 0. The van der Waals surface area contributed by atoms with Crippen molar-refractivity contribution in [3.05, 3.63) is 0 Å². The molecule has 0 aromatic rings. The lowest BCUT2D eigenvalue weighted by Crippen LogP contribution is -2.39. The van der Waals surface area contributed by atoms with E-state index in [-0.39, 0.29) is 6.54 Å². The lowest BCUT2D eigenvalue weighted by molar-refractivity contribution is -0.862. The Kier molecular flexibility index (Phi) is 7.49. The van der Waals surface area contributed by atoms with Crippen LogP contribution in [0.1, 0.15) is 0 Å². The summed E-state index contributed by atoms with van der Waals surface area (Å²) in [6, 6.07) is 0. The number of rotatable bonds is 4. The van der Waals surface area contributed by atoms with E-state index in [2.05, 4.69) is 0 Å². The molecule has 0 aliphatic rings. The maximum Gasteiger partial charge on any atom is 0.359 e. The molecule has 92 valence electrons.